The first-order valence-corrected chi connectivity index (χ1v) is 7.34. The first-order chi connectivity index (χ1) is 10.6. The van der Waals surface area contributed by atoms with Crippen LogP contribution < -0.4 is 5.32 Å². The Bertz CT molecular complexity index is 849. The Labute approximate surface area is 129 Å². The van der Waals surface area contributed by atoms with Crippen LogP contribution >= 0.6 is 0 Å². The van der Waals surface area contributed by atoms with E-state index in [1.54, 1.807) is 0 Å². The Hall–Kier alpha value is -2.62. The number of nitrogens with zero attached hydrogens (tertiary/aromatic N) is 2. The van der Waals surface area contributed by atoms with Crippen molar-refractivity contribution in [3.05, 3.63) is 59.4 Å². The number of carbonyl (C=O) groups excluding carboxylic acids is 1. The molecule has 3 aromatic rings. The Kier molecular flexibility index (Phi) is 3.67. The van der Waals surface area contributed by atoms with E-state index in [2.05, 4.69) is 10.3 Å². The average molecular weight is 293 g/mol. The van der Waals surface area contributed by atoms with Crippen LogP contribution in [-0.4, -0.2) is 15.5 Å². The molecule has 0 saturated heterocycles. The van der Waals surface area contributed by atoms with Crippen molar-refractivity contribution in [1.29, 1.82) is 0 Å². The van der Waals surface area contributed by atoms with Crippen molar-refractivity contribution in [2.24, 2.45) is 0 Å². The number of carbonyl (C=O) groups is 1. The van der Waals surface area contributed by atoms with E-state index in [4.69, 9.17) is 0 Å². The summed E-state index contributed by atoms with van der Waals surface area (Å²) in [5, 5.41) is 2.99. The van der Waals surface area contributed by atoms with E-state index < -0.39 is 0 Å². The van der Waals surface area contributed by atoms with Gasteiger partial charge in [0.1, 0.15) is 12.4 Å². The van der Waals surface area contributed by atoms with Gasteiger partial charge in [-0.3, -0.25) is 4.79 Å². The molecule has 0 saturated carbocycles. The third-order valence-electron chi connectivity index (χ3n) is 4.03. The second-order valence-electron chi connectivity index (χ2n) is 5.53. The number of aryl methyl sites for hydroxylation is 2. The summed E-state index contributed by atoms with van der Waals surface area (Å²) in [6.07, 6.45) is 0. The van der Waals surface area contributed by atoms with Crippen molar-refractivity contribution in [1.82, 2.24) is 9.55 Å². The number of para-hydroxylation sites is 2. The van der Waals surface area contributed by atoms with Gasteiger partial charge in [0.05, 0.1) is 11.0 Å². The summed E-state index contributed by atoms with van der Waals surface area (Å²) in [7, 11) is 0. The Morgan fingerprint density at radius 3 is 2.68 bits per heavy atom. The van der Waals surface area contributed by atoms with Crippen LogP contribution in [0.3, 0.4) is 0 Å². The van der Waals surface area contributed by atoms with Gasteiger partial charge in [-0.1, -0.05) is 24.3 Å². The zero-order valence-electron chi connectivity index (χ0n) is 13.1. The molecule has 22 heavy (non-hydrogen) atoms. The summed E-state index contributed by atoms with van der Waals surface area (Å²) in [5.41, 5.74) is 5.04. The molecule has 2 aromatic carbocycles. The lowest BCUT2D eigenvalue weighted by atomic mass is 10.1. The van der Waals surface area contributed by atoms with Gasteiger partial charge in [0.2, 0.25) is 5.91 Å². The Morgan fingerprint density at radius 1 is 1.09 bits per heavy atom. The first kappa shape index (κ1) is 14.3. The molecule has 0 bridgehead atoms. The summed E-state index contributed by atoms with van der Waals surface area (Å²) in [5.74, 6) is 0.803. The highest BCUT2D eigenvalue weighted by Crippen LogP contribution is 2.19. The van der Waals surface area contributed by atoms with Gasteiger partial charge in [0.25, 0.3) is 0 Å². The molecular weight excluding hydrogens is 274 g/mol. The number of hydrogen-bond acceptors (Lipinski definition) is 2. The molecule has 0 aliphatic rings. The number of imidazole rings is 1. The highest BCUT2D eigenvalue weighted by molar-refractivity contribution is 5.92. The molecule has 4 nitrogen and oxygen atoms in total. The van der Waals surface area contributed by atoms with Gasteiger partial charge in [0, 0.05) is 5.69 Å². The number of nitrogens with one attached hydrogen (secondary N) is 1. The number of rotatable bonds is 3. The van der Waals surface area contributed by atoms with E-state index in [1.807, 2.05) is 67.8 Å². The molecule has 0 aliphatic heterocycles. The molecular formula is C18H19N3O. The highest BCUT2D eigenvalue weighted by atomic mass is 16.1. The second-order valence-corrected chi connectivity index (χ2v) is 5.53. The number of anilines is 1. The minimum Gasteiger partial charge on any atom is -0.324 e. The van der Waals surface area contributed by atoms with E-state index in [0.29, 0.717) is 0 Å². The molecule has 0 unspecified atom stereocenters. The van der Waals surface area contributed by atoms with E-state index in [0.717, 1.165) is 28.1 Å². The molecule has 4 heteroatoms. The minimum atomic E-state index is -0.0417. The molecule has 1 heterocycles. The summed E-state index contributed by atoms with van der Waals surface area (Å²) < 4.78 is 1.94. The fraction of sp³-hybridized carbons (Fsp3) is 0.222. The summed E-state index contributed by atoms with van der Waals surface area (Å²) >= 11 is 0. The number of fused-ring (bicyclic) bond motifs is 1. The molecule has 1 aromatic heterocycles. The van der Waals surface area contributed by atoms with Gasteiger partial charge in [0.15, 0.2) is 0 Å². The van der Waals surface area contributed by atoms with Gasteiger partial charge >= 0.3 is 0 Å². The van der Waals surface area contributed by atoms with Gasteiger partial charge in [-0.05, 0) is 50.1 Å². The molecule has 3 rings (SSSR count). The van der Waals surface area contributed by atoms with Crippen molar-refractivity contribution in [2.75, 3.05) is 5.32 Å². The highest BCUT2D eigenvalue weighted by Gasteiger charge is 2.11. The maximum Gasteiger partial charge on any atom is 0.244 e. The molecule has 0 atom stereocenters. The maximum atomic E-state index is 12.4. The molecule has 0 radical (unpaired) electrons. The normalized spacial score (nSPS) is 10.9. The molecule has 0 aliphatic carbocycles. The van der Waals surface area contributed by atoms with Crippen LogP contribution in [0.4, 0.5) is 5.69 Å². The van der Waals surface area contributed by atoms with Crippen molar-refractivity contribution in [3.8, 4) is 0 Å². The summed E-state index contributed by atoms with van der Waals surface area (Å²) in [6, 6.07) is 13.8. The average Bonchev–Trinajstić information content (AvgIpc) is 2.80. The number of amides is 1. The lowest BCUT2D eigenvalue weighted by Crippen LogP contribution is -2.20. The smallest absolute Gasteiger partial charge is 0.244 e. The van der Waals surface area contributed by atoms with E-state index >= 15 is 0 Å². The standard InChI is InChI=1S/C18H19N3O/c1-12-7-6-9-15(13(12)2)20-18(22)11-21-14(3)19-16-8-4-5-10-17(16)21/h4-10H,11H2,1-3H3,(H,20,22). The van der Waals surface area contributed by atoms with Crippen molar-refractivity contribution >= 4 is 22.6 Å². The summed E-state index contributed by atoms with van der Waals surface area (Å²) in [4.78, 5) is 16.9. The topological polar surface area (TPSA) is 46.9 Å². The monoisotopic (exact) mass is 293 g/mol. The van der Waals surface area contributed by atoms with Crippen LogP contribution in [0.1, 0.15) is 17.0 Å². The third kappa shape index (κ3) is 2.60. The third-order valence-corrected chi connectivity index (χ3v) is 4.03. The van der Waals surface area contributed by atoms with E-state index in [1.165, 1.54) is 5.56 Å². The van der Waals surface area contributed by atoms with Gasteiger partial charge in [-0.25, -0.2) is 4.98 Å². The van der Waals surface area contributed by atoms with Crippen LogP contribution in [0, 0.1) is 20.8 Å². The fourth-order valence-corrected chi connectivity index (χ4v) is 2.62. The summed E-state index contributed by atoms with van der Waals surface area (Å²) in [6.45, 7) is 6.24. The molecule has 0 fully saturated rings. The van der Waals surface area contributed by atoms with Crippen LogP contribution in [-0.2, 0) is 11.3 Å². The van der Waals surface area contributed by atoms with Gasteiger partial charge in [-0.15, -0.1) is 0 Å². The van der Waals surface area contributed by atoms with Crippen LogP contribution in [0.15, 0.2) is 42.5 Å². The lowest BCUT2D eigenvalue weighted by Gasteiger charge is -2.11. The molecule has 0 spiro atoms. The molecule has 112 valence electrons. The SMILES string of the molecule is Cc1cccc(NC(=O)Cn2c(C)nc3ccccc32)c1C. The predicted octanol–water partition coefficient (Wildman–Crippen LogP) is 3.60. The van der Waals surface area contributed by atoms with Crippen molar-refractivity contribution < 1.29 is 4.79 Å². The quantitative estimate of drug-likeness (QED) is 0.802. The van der Waals surface area contributed by atoms with Crippen molar-refractivity contribution in [3.63, 3.8) is 0 Å². The fourth-order valence-electron chi connectivity index (χ4n) is 2.62. The van der Waals surface area contributed by atoms with Gasteiger partial charge in [-0.2, -0.15) is 0 Å². The maximum absolute atomic E-state index is 12.4. The van der Waals surface area contributed by atoms with Gasteiger partial charge < -0.3 is 9.88 Å². The van der Waals surface area contributed by atoms with Crippen LogP contribution in [0.5, 0.6) is 0 Å². The number of benzene rings is 2. The molecule has 1 N–H and O–H groups in total. The van der Waals surface area contributed by atoms with E-state index in [-0.39, 0.29) is 12.5 Å². The number of aromatic nitrogens is 2. The Balaban J connectivity index is 1.84. The predicted molar refractivity (Wildman–Crippen MR) is 89.0 cm³/mol. The zero-order valence-corrected chi connectivity index (χ0v) is 13.1. The molecule has 1 amide bonds. The van der Waals surface area contributed by atoms with Crippen LogP contribution in [0.2, 0.25) is 0 Å². The van der Waals surface area contributed by atoms with Crippen LogP contribution in [0.25, 0.3) is 11.0 Å². The van der Waals surface area contributed by atoms with E-state index in [9.17, 15) is 4.79 Å². The lowest BCUT2D eigenvalue weighted by molar-refractivity contribution is -0.116. The largest absolute Gasteiger partial charge is 0.324 e. The first-order valence-electron chi connectivity index (χ1n) is 7.34. The second kappa shape index (κ2) is 5.64. The number of hydrogen-bond donors (Lipinski definition) is 1. The Morgan fingerprint density at radius 2 is 1.86 bits per heavy atom. The zero-order chi connectivity index (χ0) is 15.7. The van der Waals surface area contributed by atoms with Crippen molar-refractivity contribution in [2.45, 2.75) is 27.3 Å². The minimum absolute atomic E-state index is 0.0417.